The number of rotatable bonds is 14. The summed E-state index contributed by atoms with van der Waals surface area (Å²) in [5, 5.41) is 21.1. The maximum atomic E-state index is 14.9. The molecule has 2 amide bonds. The van der Waals surface area contributed by atoms with Gasteiger partial charge >= 0.3 is 0 Å². The molecule has 5 rings (SSSR count). The van der Waals surface area contributed by atoms with Crippen molar-refractivity contribution >= 4 is 50.4 Å². The largest absolute Gasteiger partial charge is 0.491 e. The average Bonchev–Trinajstić information content (AvgIpc) is 3.56. The van der Waals surface area contributed by atoms with Gasteiger partial charge in [-0.25, -0.2) is 23.9 Å². The third kappa shape index (κ3) is 7.89. The van der Waals surface area contributed by atoms with E-state index < -0.39 is 35.0 Å². The van der Waals surface area contributed by atoms with Crippen LogP contribution in [0, 0.1) is 11.6 Å². The fourth-order valence-electron chi connectivity index (χ4n) is 4.81. The van der Waals surface area contributed by atoms with Crippen LogP contribution in [0.5, 0.6) is 5.75 Å². The number of carbonyl (C=O) groups is 2. The van der Waals surface area contributed by atoms with E-state index in [0.717, 1.165) is 17.5 Å². The second-order valence-electron chi connectivity index (χ2n) is 10.3. The van der Waals surface area contributed by atoms with Crippen LogP contribution >= 0.6 is 11.3 Å². The van der Waals surface area contributed by atoms with E-state index in [-0.39, 0.29) is 23.1 Å². The lowest BCUT2D eigenvalue weighted by Crippen LogP contribution is -2.36. The quantitative estimate of drug-likeness (QED) is 0.0658. The van der Waals surface area contributed by atoms with E-state index in [2.05, 4.69) is 20.7 Å². The second kappa shape index (κ2) is 15.2. The Kier molecular flexibility index (Phi) is 10.6. The number of anilines is 3. The van der Waals surface area contributed by atoms with E-state index in [1.165, 1.54) is 54.1 Å². The topological polar surface area (TPSA) is 147 Å². The molecule has 2 aromatic heterocycles. The number of halogens is 2. The number of carbonyl (C=O) groups excluding carboxylic acids is 2. The number of aromatic nitrogens is 3. The minimum absolute atomic E-state index is 0.0250. The minimum Gasteiger partial charge on any atom is -0.491 e. The Bertz CT molecular complexity index is 1890. The first-order valence-corrected chi connectivity index (χ1v) is 15.3. The van der Waals surface area contributed by atoms with E-state index >= 15 is 0 Å². The van der Waals surface area contributed by atoms with Crippen molar-refractivity contribution in [3.05, 3.63) is 106 Å². The molecule has 1 atom stereocenters. The molecule has 0 aliphatic heterocycles. The lowest BCUT2D eigenvalue weighted by atomic mass is 10.1. The number of amides is 2. The molecule has 4 N–H and O–H groups in total. The zero-order valence-electron chi connectivity index (χ0n) is 24.4. The Morgan fingerprint density at radius 2 is 1.76 bits per heavy atom. The number of hydrogen-bond acceptors (Lipinski definition) is 9. The number of thiazole rings is 1. The van der Waals surface area contributed by atoms with Gasteiger partial charge in [0.1, 0.15) is 5.82 Å². The van der Waals surface area contributed by atoms with E-state index in [1.54, 1.807) is 41.2 Å². The van der Waals surface area contributed by atoms with Gasteiger partial charge in [0.25, 0.3) is 11.5 Å². The Morgan fingerprint density at radius 3 is 2.52 bits per heavy atom. The summed E-state index contributed by atoms with van der Waals surface area (Å²) in [5.41, 5.74) is 1.98. The lowest BCUT2D eigenvalue weighted by molar-refractivity contribution is -0.129. The Hall–Kier alpha value is -5.21. The van der Waals surface area contributed by atoms with E-state index in [0.29, 0.717) is 41.3 Å². The number of nitrogens with one attached hydrogen (secondary N) is 3. The summed E-state index contributed by atoms with van der Waals surface area (Å²) >= 11 is 1.18. The highest BCUT2D eigenvalue weighted by Gasteiger charge is 2.28. The molecule has 0 fully saturated rings. The number of hydrogen-bond donors (Lipinski definition) is 4. The first kappa shape index (κ1) is 32.2. The molecule has 0 spiro atoms. The molecule has 0 saturated heterocycles. The zero-order valence-corrected chi connectivity index (χ0v) is 25.2. The molecule has 0 bridgehead atoms. The van der Waals surface area contributed by atoms with Gasteiger partial charge in [0, 0.05) is 46.4 Å². The summed E-state index contributed by atoms with van der Waals surface area (Å²) in [4.78, 5) is 42.0. The van der Waals surface area contributed by atoms with Crippen LogP contribution in [0.3, 0.4) is 0 Å². The molecule has 5 aromatic rings. The van der Waals surface area contributed by atoms with Crippen molar-refractivity contribution in [3.63, 3.8) is 0 Å². The van der Waals surface area contributed by atoms with Crippen LogP contribution in [0.25, 0.3) is 10.8 Å². The van der Waals surface area contributed by atoms with Crippen LogP contribution < -0.4 is 26.4 Å². The second-order valence-corrected chi connectivity index (χ2v) is 11.2. The van der Waals surface area contributed by atoms with Crippen LogP contribution in [-0.2, 0) is 9.59 Å². The van der Waals surface area contributed by atoms with Gasteiger partial charge in [-0.15, -0.1) is 11.3 Å². The van der Waals surface area contributed by atoms with Gasteiger partial charge in [-0.05, 0) is 49.2 Å². The molecule has 238 valence electrons. The lowest BCUT2D eigenvalue weighted by Gasteiger charge is -2.19. The number of nitrogens with zero attached hydrogens (tertiary/aromatic N) is 3. The third-order valence-corrected chi connectivity index (χ3v) is 7.76. The summed E-state index contributed by atoms with van der Waals surface area (Å²) in [6.45, 7) is 0.315. The Morgan fingerprint density at radius 1 is 0.978 bits per heavy atom. The normalized spacial score (nSPS) is 11.6. The number of ether oxygens (including phenoxy) is 1. The van der Waals surface area contributed by atoms with Crippen LogP contribution in [-0.4, -0.2) is 38.4 Å². The highest BCUT2D eigenvalue weighted by atomic mass is 32.1. The van der Waals surface area contributed by atoms with Crippen molar-refractivity contribution in [2.75, 3.05) is 17.2 Å². The summed E-state index contributed by atoms with van der Waals surface area (Å²) in [5.74, 6) is -2.20. The van der Waals surface area contributed by atoms with Gasteiger partial charge in [-0.3, -0.25) is 24.9 Å². The van der Waals surface area contributed by atoms with Gasteiger partial charge in [-0.2, -0.15) is 5.10 Å². The van der Waals surface area contributed by atoms with Crippen molar-refractivity contribution in [2.45, 2.75) is 38.1 Å². The predicted octanol–water partition coefficient (Wildman–Crippen LogP) is 5.94. The van der Waals surface area contributed by atoms with Crippen LogP contribution in [0.15, 0.2) is 83.2 Å². The SMILES string of the molecule is O=C(CCCCCCOc1ccc(Nc2ccc3c(=O)n(C(C(=O)Nc4nccs4)c4ccccc4F)ncc3c2)cc1F)NO. The van der Waals surface area contributed by atoms with Crippen molar-refractivity contribution in [3.8, 4) is 5.75 Å². The fourth-order valence-corrected chi connectivity index (χ4v) is 5.34. The van der Waals surface area contributed by atoms with Crippen molar-refractivity contribution in [2.24, 2.45) is 0 Å². The first-order chi connectivity index (χ1) is 22.3. The molecule has 0 aliphatic rings. The molecule has 2 heterocycles. The van der Waals surface area contributed by atoms with E-state index in [1.807, 2.05) is 0 Å². The summed E-state index contributed by atoms with van der Waals surface area (Å²) < 4.78 is 36.1. The van der Waals surface area contributed by atoms with Crippen molar-refractivity contribution in [1.82, 2.24) is 20.2 Å². The van der Waals surface area contributed by atoms with Crippen LogP contribution in [0.1, 0.15) is 43.7 Å². The van der Waals surface area contributed by atoms with Gasteiger partial charge in [0.15, 0.2) is 22.7 Å². The van der Waals surface area contributed by atoms with E-state index in [4.69, 9.17) is 9.94 Å². The van der Waals surface area contributed by atoms with Gasteiger partial charge in [0.05, 0.1) is 18.2 Å². The van der Waals surface area contributed by atoms with E-state index in [9.17, 15) is 23.2 Å². The summed E-state index contributed by atoms with van der Waals surface area (Å²) in [6, 6.07) is 13.6. The fraction of sp³-hybridized carbons (Fsp3) is 0.219. The van der Waals surface area contributed by atoms with Crippen LogP contribution in [0.2, 0.25) is 0 Å². The number of unbranched alkanes of at least 4 members (excludes halogenated alkanes) is 3. The smallest absolute Gasteiger partial charge is 0.275 e. The minimum atomic E-state index is -1.40. The number of benzene rings is 3. The summed E-state index contributed by atoms with van der Waals surface area (Å²) in [7, 11) is 0. The van der Waals surface area contributed by atoms with Crippen molar-refractivity contribution in [1.29, 1.82) is 0 Å². The molecule has 1 unspecified atom stereocenters. The molecule has 0 aliphatic carbocycles. The molecule has 46 heavy (non-hydrogen) atoms. The monoisotopic (exact) mass is 648 g/mol. The molecule has 14 heteroatoms. The maximum absolute atomic E-state index is 14.9. The van der Waals surface area contributed by atoms with Crippen LogP contribution in [0.4, 0.5) is 25.3 Å². The molecule has 3 aromatic carbocycles. The predicted molar refractivity (Wildman–Crippen MR) is 169 cm³/mol. The zero-order chi connectivity index (χ0) is 32.5. The third-order valence-electron chi connectivity index (χ3n) is 7.07. The highest BCUT2D eigenvalue weighted by Crippen LogP contribution is 2.27. The molecular formula is C32H30F2N6O5S. The number of fused-ring (bicyclic) bond motifs is 1. The molecule has 0 saturated carbocycles. The van der Waals surface area contributed by atoms with Gasteiger partial charge < -0.3 is 10.1 Å². The number of hydroxylamine groups is 1. The van der Waals surface area contributed by atoms with Gasteiger partial charge in [-0.1, -0.05) is 31.0 Å². The Labute approximate surface area is 265 Å². The first-order valence-electron chi connectivity index (χ1n) is 14.4. The standard InChI is InChI=1S/C32H30F2N6O5S/c33-25-8-5-4-7-24(25)29(30(42)38-32-35-14-16-46-32)40-31(43)23-12-10-21(17-20(23)19-36-40)37-22-11-13-27(26(34)18-22)45-15-6-2-1-3-9-28(41)39-44/h4-5,7-8,10-14,16-19,29,37,44H,1-3,6,9,15H2,(H,39,41)(H,35,38,42). The molecule has 11 nitrogen and oxygen atoms in total. The van der Waals surface area contributed by atoms with Gasteiger partial charge in [0.2, 0.25) is 5.91 Å². The molecule has 0 radical (unpaired) electrons. The maximum Gasteiger partial charge on any atom is 0.275 e. The summed E-state index contributed by atoms with van der Waals surface area (Å²) in [6.07, 6.45) is 6.07. The molecular weight excluding hydrogens is 618 g/mol. The Balaban J connectivity index is 1.28. The van der Waals surface area contributed by atoms with Crippen molar-refractivity contribution < 1.29 is 28.3 Å². The average molecular weight is 649 g/mol. The highest BCUT2D eigenvalue weighted by molar-refractivity contribution is 7.13.